The smallest absolute Gasteiger partial charge is 0.330 e. The van der Waals surface area contributed by atoms with Crippen LogP contribution in [0.15, 0.2) is 91.5 Å². The van der Waals surface area contributed by atoms with Crippen molar-refractivity contribution in [2.24, 2.45) is 5.92 Å². The molecule has 0 spiro atoms. The molecule has 3 aliphatic carbocycles. The number of hydrogen-bond acceptors (Lipinski definition) is 9. The average Bonchev–Trinajstić information content (AvgIpc) is 3.12. The normalized spacial score (nSPS) is 20.4. The fourth-order valence-corrected chi connectivity index (χ4v) is 7.20. The van der Waals surface area contributed by atoms with Crippen LogP contribution in [0.3, 0.4) is 0 Å². The lowest BCUT2D eigenvalue weighted by atomic mass is 9.54. The van der Waals surface area contributed by atoms with Gasteiger partial charge in [0, 0.05) is 42.5 Å². The molecule has 48 heavy (non-hydrogen) atoms. The molecule has 250 valence electrons. The van der Waals surface area contributed by atoms with Crippen molar-refractivity contribution in [3.63, 3.8) is 0 Å². The number of hydrogen-bond donors (Lipinski definition) is 0. The monoisotopic (exact) mass is 672 g/mol. The van der Waals surface area contributed by atoms with E-state index in [0.29, 0.717) is 36.2 Å². The van der Waals surface area contributed by atoms with Crippen LogP contribution in [0.1, 0.15) is 28.7 Å². The van der Waals surface area contributed by atoms with Gasteiger partial charge in [0.25, 0.3) is 0 Å². The van der Waals surface area contributed by atoms with E-state index in [0.717, 1.165) is 39.1 Å². The Kier molecular flexibility index (Phi) is 10.0. The Labute approximate surface area is 284 Å². The number of methoxy groups -OCH3 is 2. The third kappa shape index (κ3) is 5.92. The molecule has 0 aliphatic heterocycles. The van der Waals surface area contributed by atoms with Crippen LogP contribution in [-0.4, -0.2) is 65.8 Å². The first-order valence-electron chi connectivity index (χ1n) is 15.7. The van der Waals surface area contributed by atoms with Crippen LogP contribution in [0.4, 0.5) is 0 Å². The first-order chi connectivity index (χ1) is 23.4. The molecule has 3 aliphatic rings. The second-order valence-electron chi connectivity index (χ2n) is 11.4. The number of carbonyl (C=O) groups is 2. The summed E-state index contributed by atoms with van der Waals surface area (Å²) >= 11 is 6.45. The summed E-state index contributed by atoms with van der Waals surface area (Å²) in [6.45, 7) is 4.58. The van der Waals surface area contributed by atoms with Gasteiger partial charge in [-0.1, -0.05) is 72.8 Å². The first kappa shape index (κ1) is 33.5. The lowest BCUT2D eigenvalue weighted by molar-refractivity contribution is -0.173. The molecule has 4 aromatic carbocycles. The van der Waals surface area contributed by atoms with Gasteiger partial charge in [-0.3, -0.25) is 4.79 Å². The largest absolute Gasteiger partial charge is 0.491 e. The van der Waals surface area contributed by atoms with Crippen LogP contribution in [0.5, 0.6) is 11.5 Å². The summed E-state index contributed by atoms with van der Waals surface area (Å²) in [5.74, 6) is -0.239. The summed E-state index contributed by atoms with van der Waals surface area (Å²) in [7, 11) is 3.28. The highest BCUT2D eigenvalue weighted by atomic mass is 35.5. The maximum atomic E-state index is 13.9. The van der Waals surface area contributed by atoms with Crippen molar-refractivity contribution in [1.82, 2.24) is 0 Å². The van der Waals surface area contributed by atoms with Crippen LogP contribution < -0.4 is 9.47 Å². The maximum Gasteiger partial charge on any atom is 0.330 e. The molecule has 10 heteroatoms. The third-order valence-electron chi connectivity index (χ3n) is 9.07. The molecule has 0 saturated carbocycles. The molecule has 0 heterocycles. The maximum absolute atomic E-state index is 13.9. The number of ether oxygens (including phenoxy) is 7. The van der Waals surface area contributed by atoms with Gasteiger partial charge in [-0.25, -0.2) is 4.79 Å². The highest BCUT2D eigenvalue weighted by Gasteiger charge is 2.64. The summed E-state index contributed by atoms with van der Waals surface area (Å²) in [6.07, 6.45) is 1.44. The molecule has 0 N–H and O–H groups in total. The second-order valence-corrected chi connectivity index (χ2v) is 11.9. The quantitative estimate of drug-likeness (QED) is 0.0812. The lowest BCUT2D eigenvalue weighted by Gasteiger charge is -2.56. The van der Waals surface area contributed by atoms with E-state index in [1.165, 1.54) is 0 Å². The molecule has 2 bridgehead atoms. The van der Waals surface area contributed by atoms with E-state index in [1.54, 1.807) is 14.2 Å². The minimum absolute atomic E-state index is 0.0380. The zero-order valence-electron chi connectivity index (χ0n) is 26.9. The van der Waals surface area contributed by atoms with Gasteiger partial charge in [0.05, 0.1) is 19.1 Å². The van der Waals surface area contributed by atoms with Gasteiger partial charge in [-0.05, 0) is 46.5 Å². The Morgan fingerprint density at radius 2 is 1.35 bits per heavy atom. The lowest BCUT2D eigenvalue weighted by Crippen LogP contribution is -2.58. The predicted molar refractivity (Wildman–Crippen MR) is 179 cm³/mol. The van der Waals surface area contributed by atoms with Crippen LogP contribution in [0.25, 0.3) is 10.8 Å². The zero-order chi connectivity index (χ0) is 33.7. The number of benzene rings is 4. The van der Waals surface area contributed by atoms with Crippen molar-refractivity contribution >= 4 is 34.3 Å². The Bertz CT molecular complexity index is 1820. The Morgan fingerprint density at radius 3 is 2.02 bits per heavy atom. The molecule has 3 atom stereocenters. The third-order valence-corrected chi connectivity index (χ3v) is 9.30. The number of esters is 2. The Balaban J connectivity index is 1.11. The molecule has 0 fully saturated rings. The van der Waals surface area contributed by atoms with Gasteiger partial charge in [0.1, 0.15) is 49.1 Å². The highest BCUT2D eigenvalue weighted by Crippen LogP contribution is 2.62. The van der Waals surface area contributed by atoms with E-state index in [-0.39, 0.29) is 26.4 Å². The number of carbonyl (C=O) groups excluding carboxylic acids is 2. The van der Waals surface area contributed by atoms with Crippen LogP contribution in [0.2, 0.25) is 5.02 Å². The van der Waals surface area contributed by atoms with E-state index in [4.69, 9.17) is 44.8 Å². The Hall–Kier alpha value is -4.41. The minimum atomic E-state index is -1.07. The predicted octanol–water partition coefficient (Wildman–Crippen LogP) is 6.35. The van der Waals surface area contributed by atoms with E-state index >= 15 is 0 Å². The van der Waals surface area contributed by atoms with Crippen molar-refractivity contribution in [3.05, 3.63) is 119 Å². The van der Waals surface area contributed by atoms with E-state index in [9.17, 15) is 9.59 Å². The Morgan fingerprint density at radius 1 is 0.750 bits per heavy atom. The van der Waals surface area contributed by atoms with E-state index in [1.807, 2.05) is 78.9 Å². The molecular formula is C38H37ClO9. The molecule has 0 amide bonds. The fraction of sp³-hybridized carbons (Fsp3) is 0.316. The molecule has 0 aromatic heterocycles. The topological polar surface area (TPSA) is 98.8 Å². The van der Waals surface area contributed by atoms with Crippen molar-refractivity contribution < 1.29 is 42.7 Å². The summed E-state index contributed by atoms with van der Waals surface area (Å²) < 4.78 is 40.9. The van der Waals surface area contributed by atoms with Gasteiger partial charge in [0.15, 0.2) is 0 Å². The highest BCUT2D eigenvalue weighted by molar-refractivity contribution is 6.30. The van der Waals surface area contributed by atoms with Crippen molar-refractivity contribution in [3.8, 4) is 11.5 Å². The van der Waals surface area contributed by atoms with Crippen molar-refractivity contribution in [1.29, 1.82) is 0 Å². The summed E-state index contributed by atoms with van der Waals surface area (Å²) in [5, 5.41) is 2.31. The summed E-state index contributed by atoms with van der Waals surface area (Å²) in [6, 6.07) is 24.9. The molecule has 0 saturated heterocycles. The molecule has 3 unspecified atom stereocenters. The molecular weight excluding hydrogens is 636 g/mol. The molecule has 9 nitrogen and oxygen atoms in total. The first-order valence-corrected chi connectivity index (χ1v) is 16.1. The van der Waals surface area contributed by atoms with Gasteiger partial charge < -0.3 is 33.2 Å². The van der Waals surface area contributed by atoms with E-state index in [2.05, 4.69) is 6.58 Å². The van der Waals surface area contributed by atoms with Crippen molar-refractivity contribution in [2.45, 2.75) is 17.6 Å². The number of halogens is 1. The molecule has 0 radical (unpaired) electrons. The standard InChI is InChI=1S/C38H37ClO9/c1-4-35(40)47-20-18-44-17-19-45-33-15-16-34(27-10-6-5-9-26(27)33)46-21-22-48-36(41)32-24-37(42-2)28-11-7-8-12-29(28)38(32,43-3)30-14-13-25(39)23-31(30)37/h4-16,23,32H,1,17-22,24H2,2-3H3. The van der Waals surface area contributed by atoms with Gasteiger partial charge >= 0.3 is 11.9 Å². The summed E-state index contributed by atoms with van der Waals surface area (Å²) in [5.41, 5.74) is 1.62. The van der Waals surface area contributed by atoms with E-state index < -0.39 is 29.1 Å². The van der Waals surface area contributed by atoms with Gasteiger partial charge in [0.2, 0.25) is 0 Å². The molecule has 7 rings (SSSR count). The molecule has 4 aromatic rings. The van der Waals surface area contributed by atoms with Gasteiger partial charge in [-0.15, -0.1) is 0 Å². The average molecular weight is 673 g/mol. The summed E-state index contributed by atoms with van der Waals surface area (Å²) in [4.78, 5) is 25.0. The van der Waals surface area contributed by atoms with Crippen molar-refractivity contribution in [2.75, 3.05) is 53.9 Å². The van der Waals surface area contributed by atoms with Crippen LogP contribution in [-0.2, 0) is 44.5 Å². The number of rotatable bonds is 15. The second kappa shape index (κ2) is 14.4. The number of fused-ring (bicyclic) bond motifs is 2. The van der Waals surface area contributed by atoms with Crippen LogP contribution >= 0.6 is 11.6 Å². The fourth-order valence-electron chi connectivity index (χ4n) is 7.03. The zero-order valence-corrected chi connectivity index (χ0v) is 27.6. The van der Waals surface area contributed by atoms with Gasteiger partial charge in [-0.2, -0.15) is 0 Å². The van der Waals surface area contributed by atoms with Crippen LogP contribution in [0, 0.1) is 5.92 Å². The minimum Gasteiger partial charge on any atom is -0.491 e. The SMILES string of the molecule is C=CC(=O)OCCOCCOc1ccc(OCCOC(=O)C2CC3(OC)c4ccccc4C2(OC)c2ccc(Cl)cc23)c2ccccc12.